The molecule has 1 aliphatic carbocycles. The minimum absolute atomic E-state index is 0.0751. The third-order valence-electron chi connectivity index (χ3n) is 3.91. The number of carbonyl (C=O) groups excluding carboxylic acids is 1. The number of esters is 1. The molecule has 0 heterocycles. The minimum atomic E-state index is -0.225. The zero-order valence-corrected chi connectivity index (χ0v) is 11.3. The summed E-state index contributed by atoms with van der Waals surface area (Å²) in [6, 6.07) is 5.26. The van der Waals surface area contributed by atoms with Crippen LogP contribution in [0.5, 0.6) is 5.75 Å². The number of aliphatic hydroxyl groups is 1. The smallest absolute Gasteiger partial charge is 0.309 e. The van der Waals surface area contributed by atoms with Gasteiger partial charge < -0.3 is 14.9 Å². The largest absolute Gasteiger partial charge is 0.508 e. The molecular formula is C15H20O4. The van der Waals surface area contributed by atoms with E-state index >= 15 is 0 Å². The monoisotopic (exact) mass is 264 g/mol. The van der Waals surface area contributed by atoms with Gasteiger partial charge in [0.1, 0.15) is 5.75 Å². The van der Waals surface area contributed by atoms with Crippen molar-refractivity contribution in [3.63, 3.8) is 0 Å². The lowest BCUT2D eigenvalue weighted by Crippen LogP contribution is -2.22. The Morgan fingerprint density at radius 3 is 2.63 bits per heavy atom. The highest BCUT2D eigenvalue weighted by atomic mass is 16.5. The van der Waals surface area contributed by atoms with E-state index in [9.17, 15) is 9.90 Å². The molecule has 0 radical (unpaired) electrons. The Balaban J connectivity index is 2.29. The molecule has 4 nitrogen and oxygen atoms in total. The van der Waals surface area contributed by atoms with Crippen LogP contribution in [-0.4, -0.2) is 23.3 Å². The van der Waals surface area contributed by atoms with E-state index in [1.807, 2.05) is 13.0 Å². The number of hydrogen-bond donors (Lipinski definition) is 2. The second kappa shape index (κ2) is 5.61. The van der Waals surface area contributed by atoms with E-state index in [4.69, 9.17) is 9.84 Å². The van der Waals surface area contributed by atoms with Gasteiger partial charge >= 0.3 is 5.97 Å². The molecule has 0 amide bonds. The topological polar surface area (TPSA) is 66.8 Å². The van der Waals surface area contributed by atoms with Crippen LogP contribution in [0.3, 0.4) is 0 Å². The van der Waals surface area contributed by atoms with Crippen molar-refractivity contribution in [2.75, 3.05) is 7.11 Å². The highest BCUT2D eigenvalue weighted by molar-refractivity contribution is 5.73. The van der Waals surface area contributed by atoms with Crippen LogP contribution in [0.25, 0.3) is 0 Å². The molecule has 0 aromatic heterocycles. The van der Waals surface area contributed by atoms with Crippen LogP contribution in [0.15, 0.2) is 18.2 Å². The molecule has 0 spiro atoms. The molecule has 2 atom stereocenters. The molecule has 1 aromatic rings. The van der Waals surface area contributed by atoms with Gasteiger partial charge in [0.2, 0.25) is 0 Å². The molecule has 2 rings (SSSR count). The quantitative estimate of drug-likeness (QED) is 0.800. The van der Waals surface area contributed by atoms with Crippen molar-refractivity contribution < 1.29 is 19.7 Å². The predicted molar refractivity (Wildman–Crippen MR) is 70.7 cm³/mol. The van der Waals surface area contributed by atoms with Gasteiger partial charge in [-0.2, -0.15) is 0 Å². The van der Waals surface area contributed by atoms with Crippen LogP contribution in [0, 0.1) is 11.8 Å². The standard InChI is InChI=1S/C15H20O4/c1-9(15(18)19-2)14(10-3-4-10)11-5-6-12(8-16)13(17)7-11/h5-7,9-10,14,16-17H,3-4,8H2,1-2H3/t9-,14?/m0/s1. The molecule has 1 aliphatic rings. The van der Waals surface area contributed by atoms with Crippen molar-refractivity contribution in [3.8, 4) is 5.75 Å². The van der Waals surface area contributed by atoms with Gasteiger partial charge in [0.15, 0.2) is 0 Å². The summed E-state index contributed by atoms with van der Waals surface area (Å²) >= 11 is 0. The maximum absolute atomic E-state index is 11.7. The number of aliphatic hydroxyl groups excluding tert-OH is 1. The highest BCUT2D eigenvalue weighted by Crippen LogP contribution is 2.47. The molecule has 1 saturated carbocycles. The van der Waals surface area contributed by atoms with E-state index in [0.29, 0.717) is 11.5 Å². The molecule has 1 fully saturated rings. The van der Waals surface area contributed by atoms with Crippen molar-refractivity contribution >= 4 is 5.97 Å². The summed E-state index contributed by atoms with van der Waals surface area (Å²) in [4.78, 5) is 11.7. The van der Waals surface area contributed by atoms with Gasteiger partial charge in [0, 0.05) is 5.56 Å². The molecule has 2 N–H and O–H groups in total. The lowest BCUT2D eigenvalue weighted by Gasteiger charge is -2.23. The van der Waals surface area contributed by atoms with Crippen molar-refractivity contribution in [2.24, 2.45) is 11.8 Å². The van der Waals surface area contributed by atoms with Gasteiger partial charge in [0.25, 0.3) is 0 Å². The maximum Gasteiger partial charge on any atom is 0.309 e. The average Bonchev–Trinajstić information content (AvgIpc) is 3.22. The Morgan fingerprint density at radius 1 is 1.47 bits per heavy atom. The fourth-order valence-corrected chi connectivity index (χ4v) is 2.68. The van der Waals surface area contributed by atoms with E-state index in [1.165, 1.54) is 7.11 Å². The summed E-state index contributed by atoms with van der Waals surface area (Å²) in [5.74, 6) is 0.196. The summed E-state index contributed by atoms with van der Waals surface area (Å²) in [5.41, 5.74) is 1.44. The third-order valence-corrected chi connectivity index (χ3v) is 3.91. The summed E-state index contributed by atoms with van der Waals surface area (Å²) in [7, 11) is 1.40. The number of benzene rings is 1. The molecule has 19 heavy (non-hydrogen) atoms. The number of ether oxygens (including phenoxy) is 1. The van der Waals surface area contributed by atoms with Crippen molar-refractivity contribution in [3.05, 3.63) is 29.3 Å². The Bertz CT molecular complexity index is 465. The first-order valence-corrected chi connectivity index (χ1v) is 6.59. The van der Waals surface area contributed by atoms with Crippen LogP contribution < -0.4 is 0 Å². The molecule has 4 heteroatoms. The second-order valence-electron chi connectivity index (χ2n) is 5.22. The summed E-state index contributed by atoms with van der Waals surface area (Å²) in [6.45, 7) is 1.68. The molecule has 0 bridgehead atoms. The molecule has 1 unspecified atom stereocenters. The van der Waals surface area contributed by atoms with E-state index in [0.717, 1.165) is 18.4 Å². The molecule has 104 valence electrons. The minimum Gasteiger partial charge on any atom is -0.508 e. The fraction of sp³-hybridized carbons (Fsp3) is 0.533. The zero-order chi connectivity index (χ0) is 14.0. The lowest BCUT2D eigenvalue weighted by atomic mass is 9.83. The van der Waals surface area contributed by atoms with Crippen molar-refractivity contribution in [1.29, 1.82) is 0 Å². The summed E-state index contributed by atoms with van der Waals surface area (Å²) in [5, 5.41) is 18.9. The van der Waals surface area contributed by atoms with E-state index in [2.05, 4.69) is 0 Å². The van der Waals surface area contributed by atoms with Gasteiger partial charge in [-0.3, -0.25) is 4.79 Å². The Kier molecular flexibility index (Phi) is 4.10. The van der Waals surface area contributed by atoms with Crippen LogP contribution in [0.1, 0.15) is 36.8 Å². The number of phenols is 1. The van der Waals surface area contributed by atoms with Crippen LogP contribution >= 0.6 is 0 Å². The number of hydrogen-bond acceptors (Lipinski definition) is 4. The molecular weight excluding hydrogens is 244 g/mol. The molecule has 1 aromatic carbocycles. The number of methoxy groups -OCH3 is 1. The zero-order valence-electron chi connectivity index (χ0n) is 11.3. The first-order valence-electron chi connectivity index (χ1n) is 6.59. The Hall–Kier alpha value is -1.55. The summed E-state index contributed by atoms with van der Waals surface area (Å²) < 4.78 is 4.83. The third kappa shape index (κ3) is 2.89. The second-order valence-corrected chi connectivity index (χ2v) is 5.22. The maximum atomic E-state index is 11.7. The highest BCUT2D eigenvalue weighted by Gasteiger charge is 2.39. The number of aromatic hydroxyl groups is 1. The first-order chi connectivity index (χ1) is 9.08. The average molecular weight is 264 g/mol. The van der Waals surface area contributed by atoms with Gasteiger partial charge in [-0.05, 0) is 36.3 Å². The molecule has 0 aliphatic heterocycles. The van der Waals surface area contributed by atoms with Crippen LogP contribution in [0.4, 0.5) is 0 Å². The van der Waals surface area contributed by atoms with Gasteiger partial charge in [0.05, 0.1) is 19.6 Å². The van der Waals surface area contributed by atoms with E-state index < -0.39 is 0 Å². The van der Waals surface area contributed by atoms with E-state index in [1.54, 1.807) is 12.1 Å². The van der Waals surface area contributed by atoms with Gasteiger partial charge in [-0.25, -0.2) is 0 Å². The Labute approximate surface area is 113 Å². The fourth-order valence-electron chi connectivity index (χ4n) is 2.68. The van der Waals surface area contributed by atoms with Crippen LogP contribution in [0.2, 0.25) is 0 Å². The predicted octanol–water partition coefficient (Wildman–Crippen LogP) is 2.19. The van der Waals surface area contributed by atoms with Gasteiger partial charge in [-0.1, -0.05) is 19.1 Å². The summed E-state index contributed by atoms with van der Waals surface area (Å²) in [6.07, 6.45) is 2.21. The van der Waals surface area contributed by atoms with Crippen LogP contribution in [-0.2, 0) is 16.1 Å². The Morgan fingerprint density at radius 2 is 2.16 bits per heavy atom. The van der Waals surface area contributed by atoms with Gasteiger partial charge in [-0.15, -0.1) is 0 Å². The first kappa shape index (κ1) is 13.9. The lowest BCUT2D eigenvalue weighted by molar-refractivity contribution is -0.145. The van der Waals surface area contributed by atoms with E-state index in [-0.39, 0.29) is 30.2 Å². The molecule has 0 saturated heterocycles. The SMILES string of the molecule is COC(=O)[C@@H](C)C(c1ccc(CO)c(O)c1)C1CC1. The van der Waals surface area contributed by atoms with Crippen molar-refractivity contribution in [1.82, 2.24) is 0 Å². The number of carbonyl (C=O) groups is 1. The number of rotatable bonds is 5. The van der Waals surface area contributed by atoms with Crippen molar-refractivity contribution in [2.45, 2.75) is 32.3 Å². The normalized spacial score (nSPS) is 17.8.